The molecule has 0 aromatic carbocycles. The molecule has 0 aromatic rings. The summed E-state index contributed by atoms with van der Waals surface area (Å²) >= 11 is 0. The zero-order valence-corrected chi connectivity index (χ0v) is 39.0. The van der Waals surface area contributed by atoms with Crippen LogP contribution in [0.5, 0.6) is 0 Å². The third-order valence-corrected chi connectivity index (χ3v) is 13.2. The van der Waals surface area contributed by atoms with Crippen molar-refractivity contribution in [1.29, 1.82) is 0 Å². The first-order chi connectivity index (χ1) is 31.3. The van der Waals surface area contributed by atoms with E-state index in [1.165, 1.54) is 14.7 Å². The Morgan fingerprint density at radius 2 is 1.20 bits per heavy atom. The number of hydrogen-bond acceptors (Lipinski definition) is 12. The number of aliphatic carboxylic acids is 2. The van der Waals surface area contributed by atoms with Gasteiger partial charge in [0.15, 0.2) is 0 Å². The van der Waals surface area contributed by atoms with Crippen LogP contribution in [0.25, 0.3) is 0 Å². The molecule has 0 saturated carbocycles. The maximum atomic E-state index is 14.3. The Morgan fingerprint density at radius 1 is 0.636 bits per heavy atom. The molecule has 4 aliphatic heterocycles. The van der Waals surface area contributed by atoms with Gasteiger partial charge in [0.1, 0.15) is 48.3 Å². The molecular weight excluding hydrogens is 861 g/mol. The van der Waals surface area contributed by atoms with E-state index in [1.54, 1.807) is 34.6 Å². The van der Waals surface area contributed by atoms with Crippen molar-refractivity contribution in [2.75, 3.05) is 32.7 Å². The van der Waals surface area contributed by atoms with Gasteiger partial charge in [0.2, 0.25) is 47.3 Å². The molecule has 22 heteroatoms. The summed E-state index contributed by atoms with van der Waals surface area (Å²) in [6.07, 6.45) is 4.62. The lowest BCUT2D eigenvalue weighted by atomic mass is 9.96. The van der Waals surface area contributed by atoms with E-state index in [0.717, 1.165) is 13.0 Å². The van der Waals surface area contributed by atoms with Crippen molar-refractivity contribution < 1.29 is 58.2 Å². The predicted molar refractivity (Wildman–Crippen MR) is 238 cm³/mol. The number of carboxylic acid groups (broad SMARTS) is 2. The fraction of sp³-hybridized carbons (Fsp3) is 0.773. The third-order valence-electron chi connectivity index (χ3n) is 13.2. The average Bonchev–Trinajstić information content (AvgIpc) is 4.13. The van der Waals surface area contributed by atoms with Crippen LogP contribution in [0.4, 0.5) is 0 Å². The van der Waals surface area contributed by atoms with Crippen molar-refractivity contribution >= 4 is 59.2 Å². The van der Waals surface area contributed by atoms with Crippen LogP contribution < -0.4 is 37.6 Å². The van der Waals surface area contributed by atoms with Gasteiger partial charge in [-0.15, -0.1) is 0 Å². The van der Waals surface area contributed by atoms with Gasteiger partial charge < -0.3 is 62.5 Å². The van der Waals surface area contributed by atoms with E-state index < -0.39 is 108 Å². The van der Waals surface area contributed by atoms with Gasteiger partial charge in [-0.1, -0.05) is 34.1 Å². The van der Waals surface area contributed by atoms with Crippen LogP contribution in [-0.2, 0) is 47.9 Å². The molecule has 0 unspecified atom stereocenters. The average molecular weight is 933 g/mol. The van der Waals surface area contributed by atoms with Crippen LogP contribution in [0.3, 0.4) is 0 Å². The zero-order valence-electron chi connectivity index (χ0n) is 39.0. The van der Waals surface area contributed by atoms with Gasteiger partial charge in [-0.05, 0) is 102 Å². The largest absolute Gasteiger partial charge is 0.481 e. The Kier molecular flexibility index (Phi) is 20.1. The molecule has 22 nitrogen and oxygen atoms in total. The van der Waals surface area contributed by atoms with Gasteiger partial charge in [0.05, 0.1) is 12.5 Å². The van der Waals surface area contributed by atoms with Crippen LogP contribution in [0.15, 0.2) is 0 Å². The maximum Gasteiger partial charge on any atom is 0.326 e. The van der Waals surface area contributed by atoms with Gasteiger partial charge in [0, 0.05) is 19.6 Å². The van der Waals surface area contributed by atoms with Crippen molar-refractivity contribution in [3.8, 4) is 0 Å². The molecule has 0 radical (unpaired) electrons. The minimum atomic E-state index is -1.70. The molecule has 370 valence electrons. The molecule has 4 rings (SSSR count). The summed E-state index contributed by atoms with van der Waals surface area (Å²) in [5, 5.41) is 35.4. The first kappa shape index (κ1) is 53.2. The summed E-state index contributed by atoms with van der Waals surface area (Å²) in [7, 11) is 0. The number of nitrogens with zero attached hydrogens (tertiary/aromatic N) is 3. The lowest BCUT2D eigenvalue weighted by Crippen LogP contribution is -2.61. The molecule has 66 heavy (non-hydrogen) atoms. The van der Waals surface area contributed by atoms with E-state index in [4.69, 9.17) is 5.73 Å². The standard InChI is InChI=1S/C44H72N10O12/c1-6-25(4)35(40(61)48-28(44(65)66)13-7-8-18-45)51-37(58)29(23-33(55)56)49-39(60)34(24(2)3)50-38(59)30-15-10-20-52(30)42(63)32-17-12-22-54(32)43(64)31-16-11-21-53(31)41(62)26(5)47-36(57)27-14-9-19-46-27/h24-32,34-35,46H,6-23,45H2,1-5H3,(H,47,57)(H,48,61)(H,49,60)(H,50,59)(H,51,58)(H,55,56)(H,65,66)/t25-,26-,27-,28-,29-,30-,31-,32-,34-,35-/m0/s1. The Labute approximate surface area is 386 Å². The van der Waals surface area contributed by atoms with E-state index in [1.807, 2.05) is 0 Å². The van der Waals surface area contributed by atoms with Crippen LogP contribution in [-0.4, -0.2) is 171 Å². The predicted octanol–water partition coefficient (Wildman–Crippen LogP) is -1.45. The normalized spacial score (nSPS) is 23.3. The number of likely N-dealkylation sites (tertiary alicyclic amines) is 3. The Balaban J connectivity index is 1.42. The summed E-state index contributed by atoms with van der Waals surface area (Å²) in [6, 6.07) is -9.50. The monoisotopic (exact) mass is 933 g/mol. The van der Waals surface area contributed by atoms with Crippen LogP contribution in [0.2, 0.25) is 0 Å². The zero-order chi connectivity index (χ0) is 48.8. The highest BCUT2D eigenvalue weighted by atomic mass is 16.4. The van der Waals surface area contributed by atoms with Gasteiger partial charge in [0.25, 0.3) is 0 Å². The quantitative estimate of drug-likeness (QED) is 0.0530. The molecule has 0 aromatic heterocycles. The van der Waals surface area contributed by atoms with Crippen molar-refractivity contribution in [3.63, 3.8) is 0 Å². The van der Waals surface area contributed by atoms with E-state index in [-0.39, 0.29) is 49.7 Å². The molecule has 0 spiro atoms. The van der Waals surface area contributed by atoms with Crippen molar-refractivity contribution in [2.24, 2.45) is 17.6 Å². The number of carbonyl (C=O) groups excluding carboxylic acids is 8. The summed E-state index contributed by atoms with van der Waals surface area (Å²) < 4.78 is 0. The Hall–Kier alpha value is -5.38. The molecular formula is C44H72N10O12. The number of hydrogen-bond donors (Lipinski definition) is 9. The van der Waals surface area contributed by atoms with Crippen LogP contribution >= 0.6 is 0 Å². The number of unbranched alkanes of at least 4 members (excludes halogenated alkanes) is 1. The second-order valence-corrected chi connectivity index (χ2v) is 18.4. The number of carboxylic acids is 2. The highest BCUT2D eigenvalue weighted by Gasteiger charge is 2.47. The molecule has 4 aliphatic rings. The number of rotatable bonds is 23. The Morgan fingerprint density at radius 3 is 1.74 bits per heavy atom. The number of carbonyl (C=O) groups is 10. The molecule has 10 N–H and O–H groups in total. The lowest BCUT2D eigenvalue weighted by molar-refractivity contribution is -0.151. The summed E-state index contributed by atoms with van der Waals surface area (Å²) in [5.74, 6) is -8.66. The first-order valence-electron chi connectivity index (χ1n) is 23.6. The second-order valence-electron chi connectivity index (χ2n) is 18.4. The number of nitrogens with two attached hydrogens (primary N) is 1. The summed E-state index contributed by atoms with van der Waals surface area (Å²) in [6.45, 7) is 10.1. The Bertz CT molecular complexity index is 1790. The molecule has 8 amide bonds. The van der Waals surface area contributed by atoms with Crippen LogP contribution in [0, 0.1) is 11.8 Å². The van der Waals surface area contributed by atoms with E-state index in [0.29, 0.717) is 70.9 Å². The fourth-order valence-corrected chi connectivity index (χ4v) is 9.19. The minimum absolute atomic E-state index is 0.0927. The van der Waals surface area contributed by atoms with Crippen molar-refractivity contribution in [1.82, 2.24) is 46.6 Å². The molecule has 0 aliphatic carbocycles. The van der Waals surface area contributed by atoms with Gasteiger partial charge in [-0.25, -0.2) is 4.79 Å². The minimum Gasteiger partial charge on any atom is -0.481 e. The van der Waals surface area contributed by atoms with Gasteiger partial charge in [-0.3, -0.25) is 43.2 Å². The molecule has 0 bridgehead atoms. The topological polar surface area (TPSA) is 319 Å². The number of nitrogens with one attached hydrogen (secondary N) is 6. The van der Waals surface area contributed by atoms with Gasteiger partial charge >= 0.3 is 11.9 Å². The second kappa shape index (κ2) is 24.9. The van der Waals surface area contributed by atoms with E-state index in [2.05, 4.69) is 31.9 Å². The lowest BCUT2D eigenvalue weighted by Gasteiger charge is -2.35. The van der Waals surface area contributed by atoms with E-state index in [9.17, 15) is 58.2 Å². The van der Waals surface area contributed by atoms with Crippen molar-refractivity contribution in [3.05, 3.63) is 0 Å². The van der Waals surface area contributed by atoms with Gasteiger partial charge in [-0.2, -0.15) is 0 Å². The highest BCUT2D eigenvalue weighted by Crippen LogP contribution is 2.29. The molecule has 4 heterocycles. The molecule has 4 saturated heterocycles. The summed E-state index contributed by atoms with van der Waals surface area (Å²) in [5.41, 5.74) is 5.52. The van der Waals surface area contributed by atoms with E-state index >= 15 is 0 Å². The SMILES string of the molecule is CC[C@H](C)[C@H](NC(=O)[C@H](CC(=O)O)NC(=O)[C@@H](NC(=O)[C@@H]1CCCN1C(=O)[C@@H]1CCCN1C(=O)[C@@H]1CCCN1C(=O)[C@H](C)NC(=O)[C@@H]1CCCN1)C(C)C)C(=O)N[C@@H](CCCCN)C(=O)O. The smallest absolute Gasteiger partial charge is 0.326 e. The first-order valence-corrected chi connectivity index (χ1v) is 23.6. The molecule has 10 atom stereocenters. The number of amides is 8. The highest BCUT2D eigenvalue weighted by molar-refractivity contribution is 5.99. The molecule has 4 fully saturated rings. The van der Waals surface area contributed by atoms with Crippen molar-refractivity contribution in [2.45, 2.75) is 172 Å². The maximum absolute atomic E-state index is 14.3. The summed E-state index contributed by atoms with van der Waals surface area (Å²) in [4.78, 5) is 138. The third kappa shape index (κ3) is 13.8. The fourth-order valence-electron chi connectivity index (χ4n) is 9.19. The van der Waals surface area contributed by atoms with Crippen LogP contribution in [0.1, 0.15) is 118 Å².